The zero-order chi connectivity index (χ0) is 15.0. The van der Waals surface area contributed by atoms with Crippen LogP contribution in [-0.4, -0.2) is 45.1 Å². The molecule has 3 rings (SSSR count). The molecule has 9 nitrogen and oxygen atoms in total. The first-order valence-corrected chi connectivity index (χ1v) is 7.90. The number of fused-ring (bicyclic) bond motifs is 1. The first kappa shape index (κ1) is 14.3. The van der Waals surface area contributed by atoms with Crippen molar-refractivity contribution in [3.63, 3.8) is 0 Å². The SMILES string of the molecule is Cc1ncnc2c1ncn2[C@H]1CC[C@@H](CNS(=O)(=O)O)O1. The van der Waals surface area contributed by atoms with Crippen molar-refractivity contribution in [2.24, 2.45) is 0 Å². The highest BCUT2D eigenvalue weighted by molar-refractivity contribution is 7.83. The Balaban J connectivity index is 1.75. The van der Waals surface area contributed by atoms with E-state index in [-0.39, 0.29) is 18.9 Å². The maximum Gasteiger partial charge on any atom is 0.333 e. The fourth-order valence-corrected chi connectivity index (χ4v) is 2.82. The van der Waals surface area contributed by atoms with Gasteiger partial charge in [0.15, 0.2) is 5.65 Å². The number of nitrogens with zero attached hydrogens (tertiary/aromatic N) is 4. The molecule has 0 aromatic carbocycles. The first-order valence-electron chi connectivity index (χ1n) is 6.46. The molecule has 0 bridgehead atoms. The van der Waals surface area contributed by atoms with E-state index in [1.54, 1.807) is 6.33 Å². The second-order valence-corrected chi connectivity index (χ2v) is 6.14. The Hall–Kier alpha value is -1.62. The lowest BCUT2D eigenvalue weighted by atomic mass is 10.2. The average molecular weight is 313 g/mol. The number of nitrogens with one attached hydrogen (secondary N) is 1. The van der Waals surface area contributed by atoms with Gasteiger partial charge >= 0.3 is 10.3 Å². The van der Waals surface area contributed by atoms with Crippen molar-refractivity contribution in [3.05, 3.63) is 18.3 Å². The third-order valence-electron chi connectivity index (χ3n) is 3.43. The molecular weight excluding hydrogens is 298 g/mol. The minimum Gasteiger partial charge on any atom is -0.353 e. The highest BCUT2D eigenvalue weighted by Crippen LogP contribution is 2.30. The van der Waals surface area contributed by atoms with Crippen LogP contribution in [-0.2, 0) is 15.0 Å². The van der Waals surface area contributed by atoms with Crippen LogP contribution in [0.2, 0.25) is 0 Å². The number of rotatable bonds is 4. The van der Waals surface area contributed by atoms with Crippen LogP contribution in [0, 0.1) is 6.92 Å². The molecule has 1 aliphatic rings. The van der Waals surface area contributed by atoms with E-state index in [1.807, 2.05) is 16.2 Å². The molecule has 2 aromatic rings. The van der Waals surface area contributed by atoms with E-state index in [0.717, 1.165) is 11.2 Å². The van der Waals surface area contributed by atoms with E-state index >= 15 is 0 Å². The number of hydrogen-bond acceptors (Lipinski definition) is 6. The molecule has 1 aliphatic heterocycles. The standard InChI is InChI=1S/C11H15N5O4S/c1-7-10-11(13-5-12-7)16(6-14-10)9-3-2-8(20-9)4-15-21(17,18)19/h5-6,8-9,15H,2-4H2,1H3,(H,17,18,19)/t8-,9+/m0/s1. The largest absolute Gasteiger partial charge is 0.353 e. The van der Waals surface area contributed by atoms with E-state index in [9.17, 15) is 8.42 Å². The zero-order valence-electron chi connectivity index (χ0n) is 11.3. The van der Waals surface area contributed by atoms with Crippen LogP contribution in [0.5, 0.6) is 0 Å². The van der Waals surface area contributed by atoms with Crippen LogP contribution in [0.15, 0.2) is 12.7 Å². The van der Waals surface area contributed by atoms with Gasteiger partial charge in [0.25, 0.3) is 0 Å². The van der Waals surface area contributed by atoms with E-state index in [0.29, 0.717) is 18.5 Å². The highest BCUT2D eigenvalue weighted by Gasteiger charge is 2.28. The number of hydrogen-bond donors (Lipinski definition) is 2. The number of aromatic nitrogens is 4. The lowest BCUT2D eigenvalue weighted by molar-refractivity contribution is 0.00690. The summed E-state index contributed by atoms with van der Waals surface area (Å²) in [6.45, 7) is 1.89. The van der Waals surface area contributed by atoms with Gasteiger partial charge in [0.1, 0.15) is 18.1 Å². The van der Waals surface area contributed by atoms with Gasteiger partial charge in [0.05, 0.1) is 18.1 Å². The quantitative estimate of drug-likeness (QED) is 0.774. The van der Waals surface area contributed by atoms with Gasteiger partial charge in [-0.1, -0.05) is 0 Å². The van der Waals surface area contributed by atoms with Gasteiger partial charge in [-0.2, -0.15) is 13.1 Å². The molecule has 0 aliphatic carbocycles. The van der Waals surface area contributed by atoms with E-state index < -0.39 is 10.3 Å². The maximum atomic E-state index is 10.7. The molecule has 0 amide bonds. The van der Waals surface area contributed by atoms with Crippen molar-refractivity contribution in [1.29, 1.82) is 0 Å². The number of aryl methyl sites for hydroxylation is 1. The second kappa shape index (κ2) is 5.30. The lowest BCUT2D eigenvalue weighted by Gasteiger charge is -2.15. The fraction of sp³-hybridized carbons (Fsp3) is 0.545. The summed E-state index contributed by atoms with van der Waals surface area (Å²) in [7, 11) is -4.19. The van der Waals surface area contributed by atoms with Gasteiger partial charge in [-0.05, 0) is 19.8 Å². The predicted octanol–water partition coefficient (Wildman–Crippen LogP) is 0.205. The summed E-state index contributed by atoms with van der Waals surface area (Å²) in [6.07, 6.45) is 3.97. The Bertz CT molecular complexity index is 759. The van der Waals surface area contributed by atoms with Crippen molar-refractivity contribution >= 4 is 21.5 Å². The summed E-state index contributed by atoms with van der Waals surface area (Å²) in [5.74, 6) is 0. The average Bonchev–Trinajstić information content (AvgIpc) is 3.02. The molecule has 2 aromatic heterocycles. The maximum absolute atomic E-state index is 10.7. The van der Waals surface area contributed by atoms with E-state index in [2.05, 4.69) is 15.0 Å². The van der Waals surface area contributed by atoms with Crippen molar-refractivity contribution in [3.8, 4) is 0 Å². The third kappa shape index (κ3) is 3.02. The lowest BCUT2D eigenvalue weighted by Crippen LogP contribution is -2.31. The Labute approximate surface area is 121 Å². The Morgan fingerprint density at radius 3 is 3.00 bits per heavy atom. The summed E-state index contributed by atoms with van der Waals surface area (Å²) in [5, 5.41) is 0. The molecule has 2 atom stereocenters. The van der Waals surface area contributed by atoms with Crippen LogP contribution >= 0.6 is 0 Å². The molecule has 2 N–H and O–H groups in total. The Kier molecular flexibility index (Phi) is 3.61. The third-order valence-corrected chi connectivity index (χ3v) is 3.96. The minimum atomic E-state index is -4.19. The van der Waals surface area contributed by atoms with Crippen molar-refractivity contribution < 1.29 is 17.7 Å². The fourth-order valence-electron chi connectivity index (χ4n) is 2.42. The molecular formula is C11H15N5O4S. The summed E-state index contributed by atoms with van der Waals surface area (Å²) >= 11 is 0. The first-order chi connectivity index (χ1) is 9.94. The molecule has 114 valence electrons. The molecule has 0 unspecified atom stereocenters. The number of ether oxygens (including phenoxy) is 1. The van der Waals surface area contributed by atoms with Crippen molar-refractivity contribution in [2.45, 2.75) is 32.1 Å². The monoisotopic (exact) mass is 313 g/mol. The normalized spacial score (nSPS) is 23.0. The van der Waals surface area contributed by atoms with Gasteiger partial charge in [-0.15, -0.1) is 0 Å². The summed E-state index contributed by atoms with van der Waals surface area (Å²) < 4.78 is 39.6. The highest BCUT2D eigenvalue weighted by atomic mass is 32.2. The van der Waals surface area contributed by atoms with Crippen LogP contribution in [0.4, 0.5) is 0 Å². The molecule has 3 heterocycles. The van der Waals surface area contributed by atoms with Gasteiger partial charge in [-0.25, -0.2) is 15.0 Å². The molecule has 0 spiro atoms. The summed E-state index contributed by atoms with van der Waals surface area (Å²) in [4.78, 5) is 12.6. The second-order valence-electron chi connectivity index (χ2n) is 4.90. The smallest absolute Gasteiger partial charge is 0.333 e. The molecule has 1 fully saturated rings. The van der Waals surface area contributed by atoms with Crippen molar-refractivity contribution in [2.75, 3.05) is 6.54 Å². The van der Waals surface area contributed by atoms with E-state index in [1.165, 1.54) is 6.33 Å². The number of imidazole rings is 1. The van der Waals surface area contributed by atoms with Crippen LogP contribution in [0.1, 0.15) is 24.8 Å². The van der Waals surface area contributed by atoms with Crippen LogP contribution in [0.25, 0.3) is 11.2 Å². The Morgan fingerprint density at radius 2 is 2.24 bits per heavy atom. The summed E-state index contributed by atoms with van der Waals surface area (Å²) in [6, 6.07) is 0. The predicted molar refractivity (Wildman–Crippen MR) is 72.8 cm³/mol. The van der Waals surface area contributed by atoms with Gasteiger partial charge in [0, 0.05) is 6.54 Å². The van der Waals surface area contributed by atoms with Gasteiger partial charge < -0.3 is 4.74 Å². The minimum absolute atomic E-state index is 0.0377. The topological polar surface area (TPSA) is 119 Å². The van der Waals surface area contributed by atoms with E-state index in [4.69, 9.17) is 9.29 Å². The van der Waals surface area contributed by atoms with Gasteiger partial charge in [0.2, 0.25) is 0 Å². The summed E-state index contributed by atoms with van der Waals surface area (Å²) in [5.41, 5.74) is 2.21. The molecule has 0 saturated carbocycles. The van der Waals surface area contributed by atoms with Crippen molar-refractivity contribution in [1.82, 2.24) is 24.2 Å². The molecule has 0 radical (unpaired) electrons. The zero-order valence-corrected chi connectivity index (χ0v) is 12.1. The van der Waals surface area contributed by atoms with Crippen LogP contribution in [0.3, 0.4) is 0 Å². The molecule has 1 saturated heterocycles. The van der Waals surface area contributed by atoms with Gasteiger partial charge in [-0.3, -0.25) is 9.12 Å². The Morgan fingerprint density at radius 1 is 1.43 bits per heavy atom. The molecule has 10 heteroatoms. The van der Waals surface area contributed by atoms with Crippen LogP contribution < -0.4 is 4.72 Å². The molecule has 21 heavy (non-hydrogen) atoms.